The smallest absolute Gasteiger partial charge is 0.306 e. The summed E-state index contributed by atoms with van der Waals surface area (Å²) in [6, 6.07) is 0. The number of hydrogen-bond acceptors (Lipinski definition) is 6. The van der Waals surface area contributed by atoms with Crippen molar-refractivity contribution in [2.45, 2.75) is 343 Å². The van der Waals surface area contributed by atoms with Crippen LogP contribution in [0.4, 0.5) is 0 Å². The van der Waals surface area contributed by atoms with Crippen molar-refractivity contribution in [3.63, 3.8) is 0 Å². The molecule has 0 aliphatic rings. The number of carbonyl (C=O) groups is 3. The summed E-state index contributed by atoms with van der Waals surface area (Å²) in [6.45, 7) is 13.8. The Balaban J connectivity index is 4.17. The SMILES string of the molecule is CCC(C)CCCCCCCCCCCCCCCCCCCCC(=O)OC[C@H](COC(=O)CCCCCCCCC(C)C)OC(=O)CCCCCCCCCCCCCCCCCC(C)C. The fraction of sp³-hybridized carbons (Fsp3) is 0.951. The summed E-state index contributed by atoms with van der Waals surface area (Å²) < 4.78 is 16.9. The quantitative estimate of drug-likeness (QED) is 0.0343. The summed E-state index contributed by atoms with van der Waals surface area (Å²) in [4.78, 5) is 38.1. The van der Waals surface area contributed by atoms with E-state index in [1.165, 1.54) is 218 Å². The first kappa shape index (κ1) is 65.4. The van der Waals surface area contributed by atoms with Crippen molar-refractivity contribution in [2.24, 2.45) is 17.8 Å². The highest BCUT2D eigenvalue weighted by atomic mass is 16.6. The van der Waals surface area contributed by atoms with E-state index < -0.39 is 6.10 Å². The molecular weight excluding hydrogens is 829 g/mol. The monoisotopic (exact) mass is 947 g/mol. The molecule has 398 valence electrons. The van der Waals surface area contributed by atoms with Crippen LogP contribution in [0.5, 0.6) is 0 Å². The molecule has 0 saturated carbocycles. The number of ether oxygens (including phenoxy) is 3. The van der Waals surface area contributed by atoms with E-state index in [2.05, 4.69) is 41.5 Å². The van der Waals surface area contributed by atoms with Gasteiger partial charge in [-0.15, -0.1) is 0 Å². The molecule has 0 heterocycles. The lowest BCUT2D eigenvalue weighted by Crippen LogP contribution is -2.30. The molecule has 6 heteroatoms. The molecule has 0 spiro atoms. The molecule has 0 aromatic heterocycles. The van der Waals surface area contributed by atoms with Gasteiger partial charge in [-0.05, 0) is 37.0 Å². The van der Waals surface area contributed by atoms with E-state index in [1.54, 1.807) is 0 Å². The van der Waals surface area contributed by atoms with Crippen molar-refractivity contribution < 1.29 is 28.6 Å². The lowest BCUT2D eigenvalue weighted by atomic mass is 9.99. The Hall–Kier alpha value is -1.59. The Morgan fingerprint density at radius 3 is 0.776 bits per heavy atom. The van der Waals surface area contributed by atoms with E-state index in [0.717, 1.165) is 75.5 Å². The van der Waals surface area contributed by atoms with Gasteiger partial charge in [0.25, 0.3) is 0 Å². The third-order valence-electron chi connectivity index (χ3n) is 14.3. The highest BCUT2D eigenvalue weighted by Gasteiger charge is 2.19. The number of carbonyl (C=O) groups excluding carboxylic acids is 3. The van der Waals surface area contributed by atoms with Gasteiger partial charge in [-0.25, -0.2) is 0 Å². The van der Waals surface area contributed by atoms with Gasteiger partial charge in [-0.1, -0.05) is 298 Å². The Labute approximate surface area is 418 Å². The first-order valence-corrected chi connectivity index (χ1v) is 30.1. The Morgan fingerprint density at radius 2 is 0.522 bits per heavy atom. The molecule has 0 fully saturated rings. The van der Waals surface area contributed by atoms with E-state index in [0.29, 0.717) is 19.3 Å². The maximum atomic E-state index is 12.8. The predicted octanol–water partition coefficient (Wildman–Crippen LogP) is 19.9. The van der Waals surface area contributed by atoms with Crippen LogP contribution in [-0.4, -0.2) is 37.2 Å². The molecule has 0 bridgehead atoms. The zero-order valence-corrected chi connectivity index (χ0v) is 46.2. The van der Waals surface area contributed by atoms with E-state index in [-0.39, 0.29) is 31.1 Å². The second kappa shape index (κ2) is 52.2. The van der Waals surface area contributed by atoms with E-state index in [1.807, 2.05) is 0 Å². The topological polar surface area (TPSA) is 78.9 Å². The molecule has 0 radical (unpaired) electrons. The maximum Gasteiger partial charge on any atom is 0.306 e. The molecule has 0 aromatic rings. The first-order valence-electron chi connectivity index (χ1n) is 30.1. The lowest BCUT2D eigenvalue weighted by Gasteiger charge is -2.18. The second-order valence-electron chi connectivity index (χ2n) is 22.2. The lowest BCUT2D eigenvalue weighted by molar-refractivity contribution is -0.167. The zero-order chi connectivity index (χ0) is 49.1. The number of esters is 3. The predicted molar refractivity (Wildman–Crippen MR) is 289 cm³/mol. The van der Waals surface area contributed by atoms with Gasteiger partial charge >= 0.3 is 17.9 Å². The Kier molecular flexibility index (Phi) is 51.0. The van der Waals surface area contributed by atoms with Gasteiger partial charge in [0, 0.05) is 19.3 Å². The van der Waals surface area contributed by atoms with Gasteiger partial charge in [0.15, 0.2) is 6.10 Å². The van der Waals surface area contributed by atoms with Crippen LogP contribution in [0.1, 0.15) is 337 Å². The highest BCUT2D eigenvalue weighted by Crippen LogP contribution is 2.19. The molecule has 0 saturated heterocycles. The normalized spacial score (nSPS) is 12.5. The average Bonchev–Trinajstić information content (AvgIpc) is 3.30. The van der Waals surface area contributed by atoms with Gasteiger partial charge in [-0.3, -0.25) is 14.4 Å². The van der Waals surface area contributed by atoms with Gasteiger partial charge in [-0.2, -0.15) is 0 Å². The number of rotatable bonds is 54. The average molecular weight is 948 g/mol. The Bertz CT molecular complexity index is 1040. The fourth-order valence-corrected chi connectivity index (χ4v) is 9.32. The summed E-state index contributed by atoms with van der Waals surface area (Å²) in [5, 5.41) is 0. The second-order valence-corrected chi connectivity index (χ2v) is 22.2. The molecule has 0 N–H and O–H groups in total. The van der Waals surface area contributed by atoms with Gasteiger partial charge in [0.05, 0.1) is 0 Å². The zero-order valence-electron chi connectivity index (χ0n) is 46.2. The minimum Gasteiger partial charge on any atom is -0.462 e. The molecule has 67 heavy (non-hydrogen) atoms. The number of unbranched alkanes of at least 4 members (excludes halogenated alkanes) is 36. The van der Waals surface area contributed by atoms with Crippen LogP contribution in [0.25, 0.3) is 0 Å². The summed E-state index contributed by atoms with van der Waals surface area (Å²) in [5.74, 6) is 1.67. The summed E-state index contributed by atoms with van der Waals surface area (Å²) >= 11 is 0. The van der Waals surface area contributed by atoms with Gasteiger partial charge < -0.3 is 14.2 Å². The minimum absolute atomic E-state index is 0.0641. The van der Waals surface area contributed by atoms with Crippen LogP contribution in [0.2, 0.25) is 0 Å². The van der Waals surface area contributed by atoms with E-state index in [4.69, 9.17) is 14.2 Å². The van der Waals surface area contributed by atoms with E-state index in [9.17, 15) is 14.4 Å². The summed E-state index contributed by atoms with van der Waals surface area (Å²) in [7, 11) is 0. The third kappa shape index (κ3) is 53.6. The molecule has 0 aliphatic heterocycles. The van der Waals surface area contributed by atoms with Crippen LogP contribution in [0, 0.1) is 17.8 Å². The standard InChI is InChI=1S/C61H118O6/c1-7-57(6)49-43-37-30-26-22-18-14-10-8-9-11-15-19-23-27-31-38-44-50-59(62)65-53-58(54-66-60(63)51-45-39-34-33-36-42-48-56(4)5)67-61(64)52-46-40-32-28-24-20-16-12-13-17-21-25-29-35-41-47-55(2)3/h55-58H,7-54H2,1-6H3/t57?,58-/m1/s1. The molecule has 0 amide bonds. The molecule has 0 aliphatic carbocycles. The van der Waals surface area contributed by atoms with Crippen molar-refractivity contribution in [2.75, 3.05) is 13.2 Å². The summed E-state index contributed by atoms with van der Waals surface area (Å²) in [5.41, 5.74) is 0. The first-order chi connectivity index (χ1) is 32.6. The maximum absolute atomic E-state index is 12.8. The van der Waals surface area contributed by atoms with Crippen molar-refractivity contribution in [1.82, 2.24) is 0 Å². The van der Waals surface area contributed by atoms with Crippen LogP contribution in [0.15, 0.2) is 0 Å². The van der Waals surface area contributed by atoms with Crippen molar-refractivity contribution in [3.8, 4) is 0 Å². The molecule has 2 atom stereocenters. The molecule has 1 unspecified atom stereocenters. The van der Waals surface area contributed by atoms with Crippen LogP contribution < -0.4 is 0 Å². The molecule has 0 rings (SSSR count). The Morgan fingerprint density at radius 1 is 0.299 bits per heavy atom. The van der Waals surface area contributed by atoms with E-state index >= 15 is 0 Å². The molecule has 0 aromatic carbocycles. The molecule has 6 nitrogen and oxygen atoms in total. The largest absolute Gasteiger partial charge is 0.462 e. The van der Waals surface area contributed by atoms with Crippen molar-refractivity contribution >= 4 is 17.9 Å². The van der Waals surface area contributed by atoms with Crippen molar-refractivity contribution in [1.29, 1.82) is 0 Å². The molecular formula is C61H118O6. The minimum atomic E-state index is -0.764. The highest BCUT2D eigenvalue weighted by molar-refractivity contribution is 5.71. The number of hydrogen-bond donors (Lipinski definition) is 0. The van der Waals surface area contributed by atoms with Crippen molar-refractivity contribution in [3.05, 3.63) is 0 Å². The van der Waals surface area contributed by atoms with Gasteiger partial charge in [0.2, 0.25) is 0 Å². The third-order valence-corrected chi connectivity index (χ3v) is 14.3. The fourth-order valence-electron chi connectivity index (χ4n) is 9.32. The van der Waals surface area contributed by atoms with Crippen LogP contribution in [-0.2, 0) is 28.6 Å². The van der Waals surface area contributed by atoms with Crippen LogP contribution >= 0.6 is 0 Å². The van der Waals surface area contributed by atoms with Crippen LogP contribution in [0.3, 0.4) is 0 Å². The summed E-state index contributed by atoms with van der Waals surface area (Å²) in [6.07, 6.45) is 55.4. The van der Waals surface area contributed by atoms with Gasteiger partial charge in [0.1, 0.15) is 13.2 Å².